The van der Waals surface area contributed by atoms with Gasteiger partial charge in [-0.3, -0.25) is 4.79 Å². The molecule has 0 aliphatic rings. The number of benzene rings is 1. The molecule has 0 aliphatic heterocycles. The number of halogens is 1. The number of nitrogens with one attached hydrogen (secondary N) is 1. The third kappa shape index (κ3) is 4.25. The van der Waals surface area contributed by atoms with Gasteiger partial charge in [0, 0.05) is 17.4 Å². The van der Waals surface area contributed by atoms with Crippen LogP contribution in [0.15, 0.2) is 27.8 Å². The van der Waals surface area contributed by atoms with E-state index in [9.17, 15) is 9.90 Å². The van der Waals surface area contributed by atoms with Crippen LogP contribution in [0.2, 0.25) is 0 Å². The van der Waals surface area contributed by atoms with E-state index in [1.807, 2.05) is 0 Å². The lowest BCUT2D eigenvalue weighted by Crippen LogP contribution is -2.25. The van der Waals surface area contributed by atoms with E-state index in [1.54, 1.807) is 6.07 Å². The maximum absolute atomic E-state index is 11.7. The number of nitrogens with two attached hydrogens (primary N) is 1. The third-order valence-electron chi connectivity index (χ3n) is 2.23. The predicted octanol–water partition coefficient (Wildman–Crippen LogP) is 1.41. The van der Waals surface area contributed by atoms with Crippen molar-refractivity contribution in [2.24, 2.45) is 10.9 Å². The molecule has 0 fully saturated rings. The molecule has 18 heavy (non-hydrogen) atoms. The van der Waals surface area contributed by atoms with Crippen molar-refractivity contribution in [1.29, 1.82) is 0 Å². The van der Waals surface area contributed by atoms with Gasteiger partial charge in [0.15, 0.2) is 0 Å². The number of rotatable bonds is 5. The summed E-state index contributed by atoms with van der Waals surface area (Å²) < 4.78 is 0.698. The number of nitrogens with zero attached hydrogens (tertiary/aromatic N) is 1. The summed E-state index contributed by atoms with van der Waals surface area (Å²) >= 11 is 3.19. The van der Waals surface area contributed by atoms with E-state index in [2.05, 4.69) is 26.4 Å². The molecule has 0 saturated heterocycles. The highest BCUT2D eigenvalue weighted by atomic mass is 79.9. The Labute approximate surface area is 113 Å². The van der Waals surface area contributed by atoms with E-state index >= 15 is 0 Å². The first kappa shape index (κ1) is 14.3. The monoisotopic (exact) mass is 315 g/mol. The number of carbonyl (C=O) groups excluding carboxylic acids is 1. The highest BCUT2D eigenvalue weighted by Gasteiger charge is 2.10. The topological polar surface area (TPSA) is 108 Å². The second-order valence-corrected chi connectivity index (χ2v) is 4.53. The van der Waals surface area contributed by atoms with E-state index in [-0.39, 0.29) is 23.1 Å². The number of amides is 1. The summed E-state index contributed by atoms with van der Waals surface area (Å²) in [4.78, 5) is 11.7. The minimum atomic E-state index is -0.362. The highest BCUT2D eigenvalue weighted by Crippen LogP contribution is 2.21. The zero-order valence-corrected chi connectivity index (χ0v) is 11.1. The Morgan fingerprint density at radius 2 is 2.22 bits per heavy atom. The van der Waals surface area contributed by atoms with Crippen LogP contribution in [0.4, 0.5) is 0 Å². The average Bonchev–Trinajstić information content (AvgIpc) is 2.34. The molecular formula is C11H14BrN3O3. The molecule has 1 amide bonds. The molecule has 0 aromatic heterocycles. The van der Waals surface area contributed by atoms with Crippen LogP contribution in [0.25, 0.3) is 0 Å². The second-order valence-electron chi connectivity index (χ2n) is 3.61. The van der Waals surface area contributed by atoms with Gasteiger partial charge in [0.25, 0.3) is 5.91 Å². The van der Waals surface area contributed by atoms with Gasteiger partial charge >= 0.3 is 0 Å². The summed E-state index contributed by atoms with van der Waals surface area (Å²) in [6, 6.07) is 4.65. The van der Waals surface area contributed by atoms with Gasteiger partial charge in [0.1, 0.15) is 11.6 Å². The Kier molecular flexibility index (Phi) is 5.44. The van der Waals surface area contributed by atoms with Crippen molar-refractivity contribution in [3.8, 4) is 5.75 Å². The molecule has 0 saturated carbocycles. The van der Waals surface area contributed by atoms with Crippen LogP contribution >= 0.6 is 15.9 Å². The van der Waals surface area contributed by atoms with Gasteiger partial charge in [-0.1, -0.05) is 21.1 Å². The summed E-state index contributed by atoms with van der Waals surface area (Å²) in [6.07, 6.45) is 0.946. The number of oxime groups is 1. The minimum Gasteiger partial charge on any atom is -0.507 e. The molecule has 0 unspecified atom stereocenters. The minimum absolute atomic E-state index is 0.0849. The van der Waals surface area contributed by atoms with Crippen LogP contribution < -0.4 is 11.1 Å². The number of aromatic hydroxyl groups is 1. The standard InChI is InChI=1S/C11H14BrN3O3/c12-7-3-4-8(9(16)6-7)11(17)14-5-1-2-10(13)15-18/h3-4,6,16,18H,1-2,5H2,(H2,13,15)(H,14,17). The zero-order chi connectivity index (χ0) is 13.5. The van der Waals surface area contributed by atoms with E-state index in [4.69, 9.17) is 10.9 Å². The van der Waals surface area contributed by atoms with Crippen molar-refractivity contribution >= 4 is 27.7 Å². The van der Waals surface area contributed by atoms with Crippen LogP contribution in [0.1, 0.15) is 23.2 Å². The first-order valence-electron chi connectivity index (χ1n) is 5.27. The molecule has 0 heterocycles. The lowest BCUT2D eigenvalue weighted by atomic mass is 10.2. The molecule has 5 N–H and O–H groups in total. The number of hydrogen-bond donors (Lipinski definition) is 4. The SMILES string of the molecule is NC(CCCNC(=O)c1ccc(Br)cc1O)=NO. The van der Waals surface area contributed by atoms with Crippen LogP contribution in [-0.2, 0) is 0 Å². The summed E-state index contributed by atoms with van der Waals surface area (Å²) in [5.74, 6) is -0.325. The number of amidine groups is 1. The molecular weight excluding hydrogens is 302 g/mol. The molecule has 0 radical (unpaired) electrons. The Morgan fingerprint density at radius 1 is 1.50 bits per heavy atom. The van der Waals surface area contributed by atoms with Crippen LogP contribution in [0.3, 0.4) is 0 Å². The maximum atomic E-state index is 11.7. The molecule has 1 aromatic carbocycles. The fourth-order valence-electron chi connectivity index (χ4n) is 1.31. The van der Waals surface area contributed by atoms with Crippen molar-refractivity contribution in [3.05, 3.63) is 28.2 Å². The molecule has 1 aromatic rings. The van der Waals surface area contributed by atoms with Crippen LogP contribution in [0, 0.1) is 0 Å². The summed E-state index contributed by atoms with van der Waals surface area (Å²) in [6.45, 7) is 0.380. The first-order chi connectivity index (χ1) is 8.54. The summed E-state index contributed by atoms with van der Waals surface area (Å²) in [5.41, 5.74) is 5.49. The van der Waals surface area contributed by atoms with Crippen molar-refractivity contribution in [2.45, 2.75) is 12.8 Å². The summed E-state index contributed by atoms with van der Waals surface area (Å²) in [7, 11) is 0. The molecule has 6 nitrogen and oxygen atoms in total. The first-order valence-corrected chi connectivity index (χ1v) is 6.07. The normalized spacial score (nSPS) is 11.3. The Hall–Kier alpha value is -1.76. The van der Waals surface area contributed by atoms with Gasteiger partial charge in [0.05, 0.1) is 5.56 Å². The maximum Gasteiger partial charge on any atom is 0.255 e. The van der Waals surface area contributed by atoms with Gasteiger partial charge in [0.2, 0.25) is 0 Å². The lowest BCUT2D eigenvalue weighted by Gasteiger charge is -2.06. The van der Waals surface area contributed by atoms with Gasteiger partial charge in [-0.05, 0) is 24.6 Å². The number of phenols is 1. The van der Waals surface area contributed by atoms with Gasteiger partial charge < -0.3 is 21.4 Å². The van der Waals surface area contributed by atoms with Gasteiger partial charge in [-0.25, -0.2) is 0 Å². The molecule has 0 aliphatic carbocycles. The Bertz CT molecular complexity index is 463. The molecule has 1 rings (SSSR count). The Morgan fingerprint density at radius 3 is 2.83 bits per heavy atom. The van der Waals surface area contributed by atoms with Crippen molar-refractivity contribution in [2.75, 3.05) is 6.54 Å². The van der Waals surface area contributed by atoms with Crippen LogP contribution in [0.5, 0.6) is 5.75 Å². The fraction of sp³-hybridized carbons (Fsp3) is 0.273. The Balaban J connectivity index is 2.46. The smallest absolute Gasteiger partial charge is 0.255 e. The number of phenolic OH excluding ortho intramolecular Hbond substituents is 1. The predicted molar refractivity (Wildman–Crippen MR) is 70.8 cm³/mol. The average molecular weight is 316 g/mol. The third-order valence-corrected chi connectivity index (χ3v) is 2.72. The molecule has 98 valence electrons. The fourth-order valence-corrected chi connectivity index (χ4v) is 1.66. The van der Waals surface area contributed by atoms with Gasteiger partial charge in [-0.15, -0.1) is 0 Å². The second kappa shape index (κ2) is 6.85. The molecule has 0 atom stereocenters. The molecule has 7 heteroatoms. The van der Waals surface area contributed by atoms with E-state index in [1.165, 1.54) is 12.1 Å². The summed E-state index contributed by atoms with van der Waals surface area (Å²) in [5, 5.41) is 23.4. The highest BCUT2D eigenvalue weighted by molar-refractivity contribution is 9.10. The van der Waals surface area contributed by atoms with Crippen LogP contribution in [-0.4, -0.2) is 28.6 Å². The number of hydrogen-bond acceptors (Lipinski definition) is 4. The van der Waals surface area contributed by atoms with Gasteiger partial charge in [-0.2, -0.15) is 0 Å². The molecule has 0 spiro atoms. The zero-order valence-electron chi connectivity index (χ0n) is 9.56. The molecule has 0 bridgehead atoms. The quantitative estimate of drug-likeness (QED) is 0.216. The van der Waals surface area contributed by atoms with Crippen molar-refractivity contribution in [1.82, 2.24) is 5.32 Å². The van der Waals surface area contributed by atoms with Crippen molar-refractivity contribution in [3.63, 3.8) is 0 Å². The largest absolute Gasteiger partial charge is 0.507 e. The van der Waals surface area contributed by atoms with Crippen molar-refractivity contribution < 1.29 is 15.1 Å². The van der Waals surface area contributed by atoms with E-state index in [0.717, 1.165) is 0 Å². The lowest BCUT2D eigenvalue weighted by molar-refractivity contribution is 0.0950. The van der Waals surface area contributed by atoms with E-state index < -0.39 is 0 Å². The van der Waals surface area contributed by atoms with E-state index in [0.29, 0.717) is 23.9 Å². The number of carbonyl (C=O) groups is 1.